The standard InChI is InChI=1S/C15H22.C8H7NS.C6H14.CH4/c1-5-9-14(12(3)6-2)15-11-8-7-10-13(15)4;1-6-9-7-4-2-3-5-8(7)10-6;1-3-5-6-4-2;/h7-8,10-11H,5-6,9H2,1-4H3;2-5H,1H3;3-6H2,1-2H3;1H4/b14-12+;;;. The Kier molecular flexibility index (Phi) is 16.5. The lowest BCUT2D eigenvalue weighted by Gasteiger charge is -2.13. The van der Waals surface area contributed by atoms with Crippen LogP contribution in [0.1, 0.15) is 103 Å². The number of thiazole rings is 1. The second-order valence-corrected chi connectivity index (χ2v) is 9.32. The molecule has 0 radical (unpaired) electrons. The van der Waals surface area contributed by atoms with Gasteiger partial charge >= 0.3 is 0 Å². The molecule has 32 heavy (non-hydrogen) atoms. The molecule has 2 aromatic carbocycles. The maximum Gasteiger partial charge on any atom is 0.0907 e. The van der Waals surface area contributed by atoms with Crippen LogP contribution in [0.2, 0.25) is 0 Å². The van der Waals surface area contributed by atoms with E-state index < -0.39 is 0 Å². The summed E-state index contributed by atoms with van der Waals surface area (Å²) in [5, 5.41) is 1.14. The maximum atomic E-state index is 4.33. The van der Waals surface area contributed by atoms with Gasteiger partial charge < -0.3 is 0 Å². The zero-order chi connectivity index (χ0) is 23.1. The van der Waals surface area contributed by atoms with Gasteiger partial charge in [-0.3, -0.25) is 0 Å². The van der Waals surface area contributed by atoms with Crippen molar-refractivity contribution in [3.63, 3.8) is 0 Å². The van der Waals surface area contributed by atoms with Gasteiger partial charge in [0.1, 0.15) is 0 Å². The summed E-state index contributed by atoms with van der Waals surface area (Å²) < 4.78 is 1.28. The number of allylic oxidation sites excluding steroid dienone is 2. The Morgan fingerprint density at radius 1 is 0.812 bits per heavy atom. The van der Waals surface area contributed by atoms with Crippen LogP contribution < -0.4 is 0 Å². The number of benzene rings is 2. The number of unbranched alkanes of at least 4 members (excludes halogenated alkanes) is 3. The first-order valence-corrected chi connectivity index (χ1v) is 12.9. The second-order valence-electron chi connectivity index (χ2n) is 8.09. The van der Waals surface area contributed by atoms with Crippen LogP contribution in [0.15, 0.2) is 54.1 Å². The predicted molar refractivity (Wildman–Crippen MR) is 150 cm³/mol. The van der Waals surface area contributed by atoms with Gasteiger partial charge in [0, 0.05) is 0 Å². The van der Waals surface area contributed by atoms with Crippen LogP contribution in [0.25, 0.3) is 15.8 Å². The number of hydrogen-bond acceptors (Lipinski definition) is 2. The fourth-order valence-electron chi connectivity index (χ4n) is 3.44. The highest BCUT2D eigenvalue weighted by molar-refractivity contribution is 7.18. The van der Waals surface area contributed by atoms with Crippen molar-refractivity contribution in [3.05, 3.63) is 70.2 Å². The molecular weight excluding hydrogens is 406 g/mol. The van der Waals surface area contributed by atoms with Crippen LogP contribution in [0.5, 0.6) is 0 Å². The van der Waals surface area contributed by atoms with Crippen LogP contribution in [0.3, 0.4) is 0 Å². The highest BCUT2D eigenvalue weighted by atomic mass is 32.1. The Labute approximate surface area is 203 Å². The van der Waals surface area contributed by atoms with Gasteiger partial charge in [-0.05, 0) is 62.4 Å². The average Bonchev–Trinajstić information content (AvgIpc) is 3.17. The molecule has 1 heterocycles. The lowest BCUT2D eigenvalue weighted by Crippen LogP contribution is -1.92. The van der Waals surface area contributed by atoms with E-state index in [2.05, 4.69) is 76.9 Å². The number of hydrogen-bond donors (Lipinski definition) is 0. The van der Waals surface area contributed by atoms with Gasteiger partial charge in [0.25, 0.3) is 0 Å². The molecule has 178 valence electrons. The van der Waals surface area contributed by atoms with E-state index in [-0.39, 0.29) is 7.43 Å². The molecule has 0 aliphatic rings. The zero-order valence-electron chi connectivity index (χ0n) is 20.9. The summed E-state index contributed by atoms with van der Waals surface area (Å²) in [7, 11) is 0. The average molecular weight is 454 g/mol. The Balaban J connectivity index is 0.000000488. The second kappa shape index (κ2) is 17.6. The van der Waals surface area contributed by atoms with Crippen molar-refractivity contribution >= 4 is 27.1 Å². The summed E-state index contributed by atoms with van der Waals surface area (Å²) in [4.78, 5) is 4.33. The first-order valence-electron chi connectivity index (χ1n) is 12.0. The van der Waals surface area contributed by atoms with Crippen molar-refractivity contribution in [1.82, 2.24) is 4.98 Å². The Hall–Kier alpha value is -1.93. The van der Waals surface area contributed by atoms with Gasteiger partial charge in [0.2, 0.25) is 0 Å². The van der Waals surface area contributed by atoms with Gasteiger partial charge in [-0.1, -0.05) is 109 Å². The molecule has 1 nitrogen and oxygen atoms in total. The minimum Gasteiger partial charge on any atom is -0.242 e. The predicted octanol–water partition coefficient (Wildman–Crippen LogP) is 10.8. The highest BCUT2D eigenvalue weighted by Crippen LogP contribution is 2.27. The topological polar surface area (TPSA) is 12.9 Å². The van der Waals surface area contributed by atoms with Crippen molar-refractivity contribution in [1.29, 1.82) is 0 Å². The Bertz CT molecular complexity index is 867. The van der Waals surface area contributed by atoms with Crippen molar-refractivity contribution in [2.75, 3.05) is 0 Å². The van der Waals surface area contributed by atoms with Crippen molar-refractivity contribution < 1.29 is 0 Å². The van der Waals surface area contributed by atoms with Crippen LogP contribution >= 0.6 is 11.3 Å². The minimum absolute atomic E-state index is 0. The number of rotatable bonds is 7. The Morgan fingerprint density at radius 2 is 1.41 bits per heavy atom. The van der Waals surface area contributed by atoms with E-state index in [0.29, 0.717) is 0 Å². The minimum atomic E-state index is 0. The number of aryl methyl sites for hydroxylation is 2. The van der Waals surface area contributed by atoms with Gasteiger partial charge in [0.15, 0.2) is 0 Å². The fraction of sp³-hybridized carbons (Fsp3) is 0.500. The van der Waals surface area contributed by atoms with Crippen molar-refractivity contribution in [3.8, 4) is 0 Å². The molecule has 0 N–H and O–H groups in total. The van der Waals surface area contributed by atoms with Crippen molar-refractivity contribution in [2.24, 2.45) is 0 Å². The zero-order valence-corrected chi connectivity index (χ0v) is 21.7. The van der Waals surface area contributed by atoms with E-state index >= 15 is 0 Å². The van der Waals surface area contributed by atoms with Crippen LogP contribution in [-0.2, 0) is 0 Å². The first kappa shape index (κ1) is 30.1. The number of fused-ring (bicyclic) bond motifs is 1. The van der Waals surface area contributed by atoms with Gasteiger partial charge in [-0.25, -0.2) is 4.98 Å². The molecule has 0 aliphatic carbocycles. The maximum absolute atomic E-state index is 4.33. The summed E-state index contributed by atoms with van der Waals surface area (Å²) in [5.74, 6) is 0. The van der Waals surface area contributed by atoms with E-state index in [9.17, 15) is 0 Å². The molecule has 0 spiro atoms. The normalized spacial score (nSPS) is 10.8. The van der Waals surface area contributed by atoms with Crippen LogP contribution in [0.4, 0.5) is 0 Å². The van der Waals surface area contributed by atoms with E-state index in [1.807, 2.05) is 25.1 Å². The molecule has 0 saturated heterocycles. The van der Waals surface area contributed by atoms with E-state index in [4.69, 9.17) is 0 Å². The third kappa shape index (κ3) is 10.6. The lowest BCUT2D eigenvalue weighted by atomic mass is 9.92. The molecule has 1 aromatic heterocycles. The number of para-hydroxylation sites is 1. The van der Waals surface area contributed by atoms with Gasteiger partial charge in [0.05, 0.1) is 15.2 Å². The van der Waals surface area contributed by atoms with Crippen LogP contribution in [0, 0.1) is 13.8 Å². The molecule has 0 amide bonds. The largest absolute Gasteiger partial charge is 0.242 e. The molecule has 3 rings (SSSR count). The number of nitrogens with zero attached hydrogens (tertiary/aromatic N) is 1. The fourth-order valence-corrected chi connectivity index (χ4v) is 4.27. The molecular formula is C30H47NS. The molecule has 3 aromatic rings. The lowest BCUT2D eigenvalue weighted by molar-refractivity contribution is 0.702. The molecule has 0 unspecified atom stereocenters. The number of aromatic nitrogens is 1. The summed E-state index contributed by atoms with van der Waals surface area (Å²) in [6.45, 7) is 15.5. The SMILES string of the molecule is C.CCC/C(=C(/C)CC)c1ccccc1C.CCCCCC.Cc1nc2ccccc2s1. The first-order chi connectivity index (χ1) is 15.0. The molecule has 0 saturated carbocycles. The van der Waals surface area contributed by atoms with Crippen LogP contribution in [-0.4, -0.2) is 4.98 Å². The smallest absolute Gasteiger partial charge is 0.0907 e. The van der Waals surface area contributed by atoms with E-state index in [1.165, 1.54) is 59.9 Å². The van der Waals surface area contributed by atoms with E-state index in [0.717, 1.165) is 16.9 Å². The molecule has 0 bridgehead atoms. The monoisotopic (exact) mass is 453 g/mol. The Morgan fingerprint density at radius 3 is 1.94 bits per heavy atom. The molecule has 0 aliphatic heterocycles. The summed E-state index contributed by atoms with van der Waals surface area (Å²) in [6, 6.07) is 16.9. The third-order valence-corrected chi connectivity index (χ3v) is 6.33. The summed E-state index contributed by atoms with van der Waals surface area (Å²) >= 11 is 1.74. The molecule has 0 atom stereocenters. The molecule has 2 heteroatoms. The van der Waals surface area contributed by atoms with E-state index in [1.54, 1.807) is 16.9 Å². The van der Waals surface area contributed by atoms with Gasteiger partial charge in [-0.2, -0.15) is 0 Å². The van der Waals surface area contributed by atoms with Crippen molar-refractivity contribution in [2.45, 2.75) is 101 Å². The van der Waals surface area contributed by atoms with Gasteiger partial charge in [-0.15, -0.1) is 11.3 Å². The highest BCUT2D eigenvalue weighted by Gasteiger charge is 2.06. The third-order valence-electron chi connectivity index (χ3n) is 5.37. The summed E-state index contributed by atoms with van der Waals surface area (Å²) in [5.41, 5.74) is 7.04. The quantitative estimate of drug-likeness (QED) is 0.324. The summed E-state index contributed by atoms with van der Waals surface area (Å²) in [6.07, 6.45) is 9.11. The molecule has 0 fully saturated rings.